The van der Waals surface area contributed by atoms with Crippen molar-refractivity contribution in [1.29, 1.82) is 5.26 Å². The van der Waals surface area contributed by atoms with Crippen molar-refractivity contribution >= 4 is 16.8 Å². The van der Waals surface area contributed by atoms with Crippen LogP contribution in [0.2, 0.25) is 0 Å². The molecule has 6 aromatic heterocycles. The van der Waals surface area contributed by atoms with E-state index in [9.17, 15) is 18.4 Å². The van der Waals surface area contributed by atoms with Crippen LogP contribution in [0.1, 0.15) is 40.7 Å². The number of fused-ring (bicyclic) bond motifs is 2. The van der Waals surface area contributed by atoms with Crippen LogP contribution in [-0.2, 0) is 32.3 Å². The fourth-order valence-electron chi connectivity index (χ4n) is 7.57. The van der Waals surface area contributed by atoms with Crippen LogP contribution in [0.4, 0.5) is 18.9 Å². The second-order valence-electron chi connectivity index (χ2n) is 14.5. The number of nitrogens with zero attached hydrogens (tertiary/aromatic N) is 8. The van der Waals surface area contributed by atoms with Crippen LogP contribution in [0, 0.1) is 18.3 Å². The largest absolute Gasteiger partial charge is 0.455 e. The third-order valence-corrected chi connectivity index (χ3v) is 10.3. The summed E-state index contributed by atoms with van der Waals surface area (Å²) in [7, 11) is 0. The third kappa shape index (κ3) is 9.83. The third-order valence-electron chi connectivity index (χ3n) is 10.3. The van der Waals surface area contributed by atoms with Gasteiger partial charge >= 0.3 is 6.18 Å². The molecule has 0 radical (unpaired) electrons. The molecule has 7 aromatic rings. The zero-order valence-electron chi connectivity index (χ0n) is 33.6. The summed E-state index contributed by atoms with van der Waals surface area (Å²) in [5, 5.41) is 10.1. The molecule has 62 heavy (non-hydrogen) atoms. The summed E-state index contributed by atoms with van der Waals surface area (Å²) in [4.78, 5) is 27.7. The molecule has 1 aromatic carbocycles. The topological polar surface area (TPSA) is 114 Å². The Morgan fingerprint density at radius 1 is 0.645 bits per heavy atom. The molecule has 0 saturated carbocycles. The summed E-state index contributed by atoms with van der Waals surface area (Å²) < 4.78 is 49.4. The van der Waals surface area contributed by atoms with Crippen molar-refractivity contribution in [3.8, 4) is 46.0 Å². The first-order chi connectivity index (χ1) is 29.8. The Bertz CT molecular complexity index is 2590. The first kappa shape index (κ1) is 43.2. The second kappa shape index (κ2) is 19.7. The predicted octanol–water partition coefficient (Wildman–Crippen LogP) is 10.7. The van der Waals surface area contributed by atoms with Gasteiger partial charge in [0.05, 0.1) is 39.7 Å². The zero-order chi connectivity index (χ0) is 42.2. The summed E-state index contributed by atoms with van der Waals surface area (Å²) in [6, 6.07) is 33.9. The van der Waals surface area contributed by atoms with Crippen molar-refractivity contribution < 1.29 is 37.4 Å². The maximum Gasteiger partial charge on any atom is 0.417 e. The molecule has 0 saturated heterocycles. The molecule has 0 spiro atoms. The van der Waals surface area contributed by atoms with Gasteiger partial charge in [-0.2, -0.15) is 18.4 Å². The van der Waals surface area contributed by atoms with Gasteiger partial charge in [-0.1, -0.05) is 24.3 Å². The fraction of sp³-hybridized carbons (Fsp3) is 0.163. The van der Waals surface area contributed by atoms with Crippen LogP contribution >= 0.6 is 0 Å². The number of aryl methyl sites for hydroxylation is 2. The number of benzene rings is 1. The molecule has 310 valence electrons. The Kier molecular flexibility index (Phi) is 13.7. The number of nitriles is 1. The zero-order valence-corrected chi connectivity index (χ0v) is 35.3. The molecule has 9 nitrogen and oxygen atoms in total. The molecular weight excluding hydrogens is 875 g/mol. The Hall–Kier alpha value is -6.90. The number of ether oxygens (including phenoxy) is 1. The van der Waals surface area contributed by atoms with E-state index < -0.39 is 11.7 Å². The van der Waals surface area contributed by atoms with E-state index in [0.29, 0.717) is 23.4 Å². The first-order valence-electron chi connectivity index (χ1n) is 19.9. The van der Waals surface area contributed by atoms with Gasteiger partial charge in [0.2, 0.25) is 0 Å². The SMILES string of the molecule is Cc1ccnc(-c2cc(/C(C#N)=C3/C=C(C(F)(F)F)c4cc5c6c(c4O3)CCCN6CCC5)ccn2)c1.[Ru].c1ccc(-c2ccccn2)nc1.c1ccc(-c2ccccn2)nc1. The van der Waals surface area contributed by atoms with Crippen molar-refractivity contribution in [3.05, 3.63) is 180 Å². The van der Waals surface area contributed by atoms with Crippen LogP contribution < -0.4 is 9.64 Å². The normalized spacial score (nSPS) is 14.3. The van der Waals surface area contributed by atoms with Crippen molar-refractivity contribution in [2.45, 2.75) is 38.8 Å². The minimum atomic E-state index is -4.61. The van der Waals surface area contributed by atoms with Crippen molar-refractivity contribution in [3.63, 3.8) is 0 Å². The molecule has 0 aliphatic carbocycles. The number of rotatable bonds is 4. The Morgan fingerprint density at radius 2 is 1.16 bits per heavy atom. The number of hydrogen-bond acceptors (Lipinski definition) is 9. The predicted molar refractivity (Wildman–Crippen MR) is 230 cm³/mol. The van der Waals surface area contributed by atoms with E-state index in [4.69, 9.17) is 4.74 Å². The Morgan fingerprint density at radius 3 is 1.66 bits per heavy atom. The molecule has 10 rings (SSSR count). The standard InChI is InChI=1S/C29H23F3N4O.2C10H8N2.Ru/c1-17-6-8-34-24(12-17)25-14-18(7-9-35-25)22(16-33)26-15-23(29(30,31)32)21-13-19-4-2-10-36-11-3-5-20(27(19)36)28(21)37-26;2*1-3-7-11-9(5-1)10-6-2-4-8-12-10;/h6-9,12-15H,2-5,10-11H2,1H3;2*1-8H;/b26-22-;;;. The summed E-state index contributed by atoms with van der Waals surface area (Å²) in [6.07, 6.45) is 9.77. The van der Waals surface area contributed by atoms with Gasteiger partial charge in [-0.15, -0.1) is 0 Å². The number of anilines is 1. The van der Waals surface area contributed by atoms with Gasteiger partial charge in [0, 0.05) is 86.6 Å². The van der Waals surface area contributed by atoms with Crippen molar-refractivity contribution in [2.24, 2.45) is 0 Å². The number of halogens is 3. The molecular formula is C49H39F3N8ORu. The van der Waals surface area contributed by atoms with E-state index in [1.54, 1.807) is 49.2 Å². The van der Waals surface area contributed by atoms with Crippen LogP contribution in [-0.4, -0.2) is 49.2 Å². The first-order valence-corrected chi connectivity index (χ1v) is 19.9. The summed E-state index contributed by atoms with van der Waals surface area (Å²) in [6.45, 7) is 3.71. The van der Waals surface area contributed by atoms with Gasteiger partial charge in [-0.25, -0.2) is 0 Å². The molecule has 9 heterocycles. The second-order valence-corrected chi connectivity index (χ2v) is 14.5. The van der Waals surface area contributed by atoms with E-state index in [-0.39, 0.29) is 42.1 Å². The van der Waals surface area contributed by atoms with Gasteiger partial charge in [-0.05, 0) is 134 Å². The van der Waals surface area contributed by atoms with E-state index in [2.05, 4.69) is 40.9 Å². The summed E-state index contributed by atoms with van der Waals surface area (Å²) in [5.41, 5.74) is 8.25. The van der Waals surface area contributed by atoms with E-state index >= 15 is 0 Å². The van der Waals surface area contributed by atoms with Gasteiger partial charge in [0.15, 0.2) is 0 Å². The Balaban J connectivity index is 0.000000187. The van der Waals surface area contributed by atoms with Crippen LogP contribution in [0.3, 0.4) is 0 Å². The van der Waals surface area contributed by atoms with E-state index in [1.165, 1.54) is 6.20 Å². The van der Waals surface area contributed by atoms with Crippen LogP contribution in [0.15, 0.2) is 152 Å². The maximum absolute atomic E-state index is 14.4. The van der Waals surface area contributed by atoms with E-state index in [1.807, 2.05) is 91.9 Å². The molecule has 0 atom stereocenters. The molecule has 0 amide bonds. The van der Waals surface area contributed by atoms with Gasteiger partial charge in [0.25, 0.3) is 0 Å². The van der Waals surface area contributed by atoms with E-state index in [0.717, 1.165) is 83.6 Å². The molecule has 0 N–H and O–H groups in total. The molecule has 3 aliphatic heterocycles. The summed E-state index contributed by atoms with van der Waals surface area (Å²) >= 11 is 0. The van der Waals surface area contributed by atoms with Gasteiger partial charge in [0.1, 0.15) is 23.2 Å². The smallest absolute Gasteiger partial charge is 0.417 e. The molecule has 0 bridgehead atoms. The van der Waals surface area contributed by atoms with Gasteiger partial charge in [-0.3, -0.25) is 29.9 Å². The van der Waals surface area contributed by atoms with Crippen molar-refractivity contribution in [2.75, 3.05) is 18.0 Å². The van der Waals surface area contributed by atoms with Crippen LogP contribution in [0.5, 0.6) is 5.75 Å². The van der Waals surface area contributed by atoms with Crippen molar-refractivity contribution in [1.82, 2.24) is 29.9 Å². The minimum Gasteiger partial charge on any atom is -0.455 e. The minimum absolute atomic E-state index is 0. The Labute approximate surface area is 370 Å². The molecule has 13 heteroatoms. The number of hydrogen-bond donors (Lipinski definition) is 0. The molecule has 0 unspecified atom stereocenters. The van der Waals surface area contributed by atoms with Gasteiger partial charge < -0.3 is 9.64 Å². The number of alkyl halides is 3. The monoisotopic (exact) mass is 914 g/mol. The fourth-order valence-corrected chi connectivity index (χ4v) is 7.57. The maximum atomic E-state index is 14.4. The number of allylic oxidation sites excluding steroid dienone is 3. The quantitative estimate of drug-likeness (QED) is 0.126. The number of aromatic nitrogens is 6. The molecule has 0 fully saturated rings. The average molecular weight is 914 g/mol. The molecule has 3 aliphatic rings. The van der Waals surface area contributed by atoms with Crippen LogP contribution in [0.25, 0.3) is 45.3 Å². The summed E-state index contributed by atoms with van der Waals surface area (Å²) in [5.74, 6) is 0.110. The number of pyridine rings is 6. The average Bonchev–Trinajstić information content (AvgIpc) is 3.31.